The van der Waals surface area contributed by atoms with E-state index in [0.29, 0.717) is 16.5 Å². The number of rotatable bonds is 6. The topological polar surface area (TPSA) is 90.7 Å². The third-order valence-electron chi connectivity index (χ3n) is 2.53. The molecule has 7 nitrogen and oxygen atoms in total. The lowest BCUT2D eigenvalue weighted by molar-refractivity contribution is -0.149. The molecule has 1 heterocycles. The fourth-order valence-corrected chi connectivity index (χ4v) is 1.87. The summed E-state index contributed by atoms with van der Waals surface area (Å²) in [4.78, 5) is 23.2. The van der Waals surface area contributed by atoms with Crippen molar-refractivity contribution in [1.29, 1.82) is 0 Å². The number of carbonyl (C=O) groups is 2. The molecule has 9 heteroatoms. The van der Waals surface area contributed by atoms with Crippen LogP contribution in [0.25, 0.3) is 0 Å². The molecule has 0 aliphatic carbocycles. The number of esters is 1. The molecule has 0 radical (unpaired) electrons. The molecular formula is C14H12Cl2N2O5. The summed E-state index contributed by atoms with van der Waals surface area (Å²) in [6, 6.07) is 6.30. The maximum absolute atomic E-state index is 11.7. The summed E-state index contributed by atoms with van der Waals surface area (Å²) < 4.78 is 14.6. The van der Waals surface area contributed by atoms with E-state index in [4.69, 9.17) is 37.2 Å². The number of anilines is 1. The van der Waals surface area contributed by atoms with Crippen LogP contribution < -0.4 is 10.1 Å². The number of hydrogen-bond acceptors (Lipinski definition) is 6. The highest BCUT2D eigenvalue weighted by molar-refractivity contribution is 6.43. The van der Waals surface area contributed by atoms with Crippen molar-refractivity contribution in [2.24, 2.45) is 0 Å². The highest BCUT2D eigenvalue weighted by Crippen LogP contribution is 2.29. The molecule has 1 N–H and O–H groups in total. The summed E-state index contributed by atoms with van der Waals surface area (Å²) in [6.07, 6.45) is 0. The fraction of sp³-hybridized carbons (Fsp3) is 0.214. The van der Waals surface area contributed by atoms with Crippen LogP contribution in [0.2, 0.25) is 10.0 Å². The summed E-state index contributed by atoms with van der Waals surface area (Å²) in [7, 11) is 0. The molecule has 122 valence electrons. The van der Waals surface area contributed by atoms with E-state index in [1.54, 1.807) is 25.1 Å². The van der Waals surface area contributed by atoms with Crippen LogP contribution in [0.15, 0.2) is 28.8 Å². The van der Waals surface area contributed by atoms with Gasteiger partial charge in [-0.2, -0.15) is 0 Å². The Morgan fingerprint density at radius 2 is 2.09 bits per heavy atom. The van der Waals surface area contributed by atoms with Gasteiger partial charge in [-0.05, 0) is 24.2 Å². The summed E-state index contributed by atoms with van der Waals surface area (Å²) in [6.45, 7) is 0.809. The standard InChI is InChI=1S/C14H12Cl2N2O5/c1-8-5-12(18-23-8)21-7-13(20)22-6-11(19)17-10-4-2-3-9(15)14(10)16/h2-5H,6-7H2,1H3,(H,17,19). The van der Waals surface area contributed by atoms with E-state index in [1.165, 1.54) is 6.07 Å². The number of aryl methyl sites for hydroxylation is 1. The largest absolute Gasteiger partial charge is 0.463 e. The second kappa shape index (κ2) is 7.85. The molecule has 0 unspecified atom stereocenters. The number of amides is 1. The minimum Gasteiger partial charge on any atom is -0.463 e. The van der Waals surface area contributed by atoms with Crippen molar-refractivity contribution in [3.8, 4) is 5.88 Å². The zero-order valence-corrected chi connectivity index (χ0v) is 13.5. The van der Waals surface area contributed by atoms with Gasteiger partial charge in [0, 0.05) is 6.07 Å². The monoisotopic (exact) mass is 358 g/mol. The van der Waals surface area contributed by atoms with Gasteiger partial charge in [-0.25, -0.2) is 4.79 Å². The van der Waals surface area contributed by atoms with E-state index in [9.17, 15) is 9.59 Å². The molecule has 0 saturated heterocycles. The Balaban J connectivity index is 1.75. The van der Waals surface area contributed by atoms with Crippen molar-refractivity contribution in [2.75, 3.05) is 18.5 Å². The Bertz CT molecular complexity index is 717. The van der Waals surface area contributed by atoms with E-state index in [0.717, 1.165) is 0 Å². The molecule has 0 bridgehead atoms. The van der Waals surface area contributed by atoms with Crippen LogP contribution in [0.3, 0.4) is 0 Å². The fourth-order valence-electron chi connectivity index (χ4n) is 1.52. The van der Waals surface area contributed by atoms with Crippen LogP contribution in [-0.2, 0) is 14.3 Å². The molecule has 23 heavy (non-hydrogen) atoms. The Morgan fingerprint density at radius 1 is 1.30 bits per heavy atom. The van der Waals surface area contributed by atoms with Crippen molar-refractivity contribution < 1.29 is 23.6 Å². The van der Waals surface area contributed by atoms with Crippen LogP contribution in [0.5, 0.6) is 5.88 Å². The van der Waals surface area contributed by atoms with Crippen LogP contribution in [-0.4, -0.2) is 30.2 Å². The van der Waals surface area contributed by atoms with Gasteiger partial charge in [0.05, 0.1) is 15.7 Å². The first-order valence-corrected chi connectivity index (χ1v) is 7.17. The highest BCUT2D eigenvalue weighted by atomic mass is 35.5. The normalized spacial score (nSPS) is 10.2. The van der Waals surface area contributed by atoms with Crippen LogP contribution in [0.1, 0.15) is 5.76 Å². The Kier molecular flexibility index (Phi) is 5.84. The number of carbonyl (C=O) groups excluding carboxylic acids is 2. The van der Waals surface area contributed by atoms with Crippen molar-refractivity contribution in [3.63, 3.8) is 0 Å². The van der Waals surface area contributed by atoms with E-state index >= 15 is 0 Å². The maximum Gasteiger partial charge on any atom is 0.344 e. The number of benzene rings is 1. The zero-order valence-electron chi connectivity index (χ0n) is 12.0. The van der Waals surface area contributed by atoms with E-state index < -0.39 is 25.1 Å². The Labute approximate surface area is 141 Å². The number of nitrogens with one attached hydrogen (secondary N) is 1. The molecule has 2 rings (SSSR count). The van der Waals surface area contributed by atoms with E-state index in [1.807, 2.05) is 0 Å². The summed E-state index contributed by atoms with van der Waals surface area (Å²) >= 11 is 11.8. The van der Waals surface area contributed by atoms with Gasteiger partial charge in [-0.1, -0.05) is 29.3 Å². The minimum absolute atomic E-state index is 0.162. The second-order valence-electron chi connectivity index (χ2n) is 4.37. The lowest BCUT2D eigenvalue weighted by atomic mass is 10.3. The van der Waals surface area contributed by atoms with Crippen LogP contribution in [0.4, 0.5) is 5.69 Å². The van der Waals surface area contributed by atoms with Crippen LogP contribution >= 0.6 is 23.2 Å². The summed E-state index contributed by atoms with van der Waals surface area (Å²) in [5.74, 6) is -0.571. The molecule has 0 aliphatic rings. The van der Waals surface area contributed by atoms with Crippen molar-refractivity contribution in [1.82, 2.24) is 5.16 Å². The number of hydrogen-bond donors (Lipinski definition) is 1. The van der Waals surface area contributed by atoms with Gasteiger partial charge in [0.25, 0.3) is 11.8 Å². The third kappa shape index (κ3) is 5.15. The van der Waals surface area contributed by atoms with Gasteiger partial charge in [0.1, 0.15) is 5.76 Å². The molecule has 0 aliphatic heterocycles. The first kappa shape index (κ1) is 17.1. The second-order valence-corrected chi connectivity index (χ2v) is 5.16. The molecule has 1 aromatic heterocycles. The minimum atomic E-state index is -0.724. The number of halogens is 2. The highest BCUT2D eigenvalue weighted by Gasteiger charge is 2.12. The van der Waals surface area contributed by atoms with Crippen molar-refractivity contribution >= 4 is 40.8 Å². The van der Waals surface area contributed by atoms with E-state index in [2.05, 4.69) is 10.5 Å². The molecule has 0 saturated carbocycles. The average Bonchev–Trinajstić information content (AvgIpc) is 2.93. The van der Waals surface area contributed by atoms with E-state index in [-0.39, 0.29) is 10.9 Å². The predicted molar refractivity (Wildman–Crippen MR) is 82.8 cm³/mol. The van der Waals surface area contributed by atoms with Crippen molar-refractivity contribution in [2.45, 2.75) is 6.92 Å². The smallest absolute Gasteiger partial charge is 0.344 e. The van der Waals surface area contributed by atoms with Gasteiger partial charge in [-0.3, -0.25) is 4.79 Å². The first-order valence-electron chi connectivity index (χ1n) is 6.41. The van der Waals surface area contributed by atoms with Gasteiger partial charge in [0.2, 0.25) is 0 Å². The quantitative estimate of drug-likeness (QED) is 0.798. The Hall–Kier alpha value is -2.25. The van der Waals surface area contributed by atoms with Crippen LogP contribution in [0, 0.1) is 6.92 Å². The molecule has 1 amide bonds. The molecule has 1 aromatic carbocycles. The third-order valence-corrected chi connectivity index (χ3v) is 3.35. The number of aromatic nitrogens is 1. The maximum atomic E-state index is 11.7. The number of ether oxygens (including phenoxy) is 2. The van der Waals surface area contributed by atoms with Gasteiger partial charge in [0.15, 0.2) is 13.2 Å². The summed E-state index contributed by atoms with van der Waals surface area (Å²) in [5.41, 5.74) is 0.328. The lowest BCUT2D eigenvalue weighted by Gasteiger charge is -2.08. The molecule has 0 spiro atoms. The van der Waals surface area contributed by atoms with Gasteiger partial charge in [-0.15, -0.1) is 0 Å². The molecular weight excluding hydrogens is 347 g/mol. The predicted octanol–water partition coefficient (Wildman–Crippen LogP) is 2.85. The average molecular weight is 359 g/mol. The molecule has 0 fully saturated rings. The molecule has 0 atom stereocenters. The van der Waals surface area contributed by atoms with Gasteiger partial charge >= 0.3 is 5.97 Å². The summed E-state index contributed by atoms with van der Waals surface area (Å²) in [5, 5.41) is 6.54. The lowest BCUT2D eigenvalue weighted by Crippen LogP contribution is -2.23. The molecule has 2 aromatic rings. The van der Waals surface area contributed by atoms with Gasteiger partial charge < -0.3 is 19.3 Å². The first-order chi connectivity index (χ1) is 11.0. The SMILES string of the molecule is Cc1cc(OCC(=O)OCC(=O)Nc2cccc(Cl)c2Cl)no1. The Morgan fingerprint density at radius 3 is 2.78 bits per heavy atom. The number of nitrogens with zero attached hydrogens (tertiary/aromatic N) is 1. The zero-order chi connectivity index (χ0) is 16.8. The van der Waals surface area contributed by atoms with Crippen molar-refractivity contribution in [3.05, 3.63) is 40.1 Å².